The number of H-pyrrole nitrogens is 2. The molecule has 0 bridgehead atoms. The Hall–Kier alpha value is -4.18. The summed E-state index contributed by atoms with van der Waals surface area (Å²) in [6.45, 7) is 5.74. The molecule has 0 radical (unpaired) electrons. The summed E-state index contributed by atoms with van der Waals surface area (Å²) in [5.41, 5.74) is 0.309. The maximum absolute atomic E-state index is 14.4. The molecule has 2 N–H and O–H groups in total. The summed E-state index contributed by atoms with van der Waals surface area (Å²) < 4.78 is 15.8. The minimum atomic E-state index is -0.561. The third-order valence-corrected chi connectivity index (χ3v) is 6.46. The Labute approximate surface area is 209 Å². The number of rotatable bonds is 5. The quantitative estimate of drug-likeness (QED) is 0.413. The van der Waals surface area contributed by atoms with Crippen LogP contribution in [-0.4, -0.2) is 31.0 Å². The summed E-state index contributed by atoms with van der Waals surface area (Å²) >= 11 is 6.37. The van der Waals surface area contributed by atoms with E-state index in [-0.39, 0.29) is 16.0 Å². The molecule has 1 atom stereocenters. The van der Waals surface area contributed by atoms with Gasteiger partial charge in [-0.3, -0.25) is 19.1 Å². The highest BCUT2D eigenvalue weighted by atomic mass is 35.5. The molecular weight excluding hydrogens is 485 g/mol. The summed E-state index contributed by atoms with van der Waals surface area (Å²) in [4.78, 5) is 47.3. The Balaban J connectivity index is 1.77. The van der Waals surface area contributed by atoms with Gasteiger partial charge in [0.2, 0.25) is 17.8 Å². The van der Waals surface area contributed by atoms with Crippen LogP contribution in [0.5, 0.6) is 0 Å². The topological polar surface area (TPSA) is 111 Å². The zero-order valence-electron chi connectivity index (χ0n) is 19.3. The zero-order chi connectivity index (χ0) is 25.4. The molecule has 0 amide bonds. The number of nitrogens with one attached hydrogen (secondary N) is 2. The minimum Gasteiger partial charge on any atom is -0.312 e. The van der Waals surface area contributed by atoms with Gasteiger partial charge in [-0.1, -0.05) is 35.3 Å². The van der Waals surface area contributed by atoms with Crippen molar-refractivity contribution in [2.24, 2.45) is 0 Å². The van der Waals surface area contributed by atoms with Gasteiger partial charge < -0.3 is 4.98 Å². The largest absolute Gasteiger partial charge is 0.312 e. The summed E-state index contributed by atoms with van der Waals surface area (Å²) in [5.74, 6) is 0.364. The van der Waals surface area contributed by atoms with Crippen LogP contribution in [0, 0.1) is 0 Å². The molecule has 11 heteroatoms. The number of benzene rings is 1. The standard InChI is InChI=1S/C25H21ClFN7O2/c1-3-6-15(27)11-14(2)34-22(32-17-8-4-7-16(26)19(17)25(34)36)18-9-5-10-33(18)23-20-21(28-12-30-23)29-13-31-24(20)35/h3-4,6-8,11-13,18H,1,5,9-10H2,2H3,(H,28,29,30,31,35)/p+1/b14-11+,15-6+. The second-order valence-electron chi connectivity index (χ2n) is 8.35. The predicted octanol–water partition coefficient (Wildman–Crippen LogP) is 3.74. The van der Waals surface area contributed by atoms with Crippen LogP contribution in [0.2, 0.25) is 5.02 Å². The lowest BCUT2D eigenvalue weighted by atomic mass is 10.1. The molecule has 4 heterocycles. The van der Waals surface area contributed by atoms with Crippen LogP contribution < -0.4 is 21.0 Å². The third kappa shape index (κ3) is 3.99. The maximum Gasteiger partial charge on any atom is 0.268 e. The number of anilines is 1. The highest BCUT2D eigenvalue weighted by Crippen LogP contribution is 2.36. The van der Waals surface area contributed by atoms with Gasteiger partial charge in [0.15, 0.2) is 11.2 Å². The third-order valence-electron chi connectivity index (χ3n) is 6.15. The van der Waals surface area contributed by atoms with Crippen molar-refractivity contribution < 1.29 is 9.37 Å². The van der Waals surface area contributed by atoms with Crippen molar-refractivity contribution in [3.05, 3.63) is 93.0 Å². The summed E-state index contributed by atoms with van der Waals surface area (Å²) in [6.07, 6.45) is 7.97. The number of fused-ring (bicyclic) bond motifs is 2. The molecule has 1 fully saturated rings. The molecule has 1 aliphatic rings. The molecular formula is C25H22ClFN7O2+. The number of halogens is 2. The van der Waals surface area contributed by atoms with E-state index in [0.717, 1.165) is 6.42 Å². The molecule has 0 aliphatic carbocycles. The van der Waals surface area contributed by atoms with Crippen molar-refractivity contribution in [2.75, 3.05) is 11.4 Å². The van der Waals surface area contributed by atoms with Crippen molar-refractivity contribution in [3.8, 4) is 0 Å². The van der Waals surface area contributed by atoms with Crippen LogP contribution >= 0.6 is 11.6 Å². The van der Waals surface area contributed by atoms with Gasteiger partial charge in [0, 0.05) is 5.70 Å². The van der Waals surface area contributed by atoms with Gasteiger partial charge in [-0.05, 0) is 44.1 Å². The number of hydrogen-bond donors (Lipinski definition) is 1. The Morgan fingerprint density at radius 2 is 2.14 bits per heavy atom. The smallest absolute Gasteiger partial charge is 0.268 e. The van der Waals surface area contributed by atoms with Gasteiger partial charge in [0.05, 0.1) is 28.8 Å². The number of allylic oxidation sites excluding steroid dienone is 5. The molecule has 9 nitrogen and oxygen atoms in total. The molecule has 1 unspecified atom stereocenters. The van der Waals surface area contributed by atoms with Crippen LogP contribution in [0.3, 0.4) is 0 Å². The molecule has 4 aromatic rings. The molecule has 1 aliphatic heterocycles. The van der Waals surface area contributed by atoms with Gasteiger partial charge >= 0.3 is 0 Å². The molecule has 182 valence electrons. The fourth-order valence-electron chi connectivity index (χ4n) is 4.65. The van der Waals surface area contributed by atoms with E-state index in [1.807, 2.05) is 4.90 Å². The van der Waals surface area contributed by atoms with Crippen molar-refractivity contribution in [1.29, 1.82) is 0 Å². The van der Waals surface area contributed by atoms with Gasteiger partial charge in [0.1, 0.15) is 11.9 Å². The molecule has 5 rings (SSSR count). The van der Waals surface area contributed by atoms with E-state index in [2.05, 4.69) is 26.5 Å². The zero-order valence-corrected chi connectivity index (χ0v) is 20.1. The molecule has 36 heavy (non-hydrogen) atoms. The fourth-order valence-corrected chi connectivity index (χ4v) is 4.90. The second kappa shape index (κ2) is 9.46. The highest BCUT2D eigenvalue weighted by molar-refractivity contribution is 6.35. The number of aromatic nitrogens is 6. The molecule has 1 saturated heterocycles. The number of hydrogen-bond acceptors (Lipinski definition) is 6. The normalized spacial score (nSPS) is 16.8. The van der Waals surface area contributed by atoms with E-state index in [1.165, 1.54) is 35.4 Å². The van der Waals surface area contributed by atoms with E-state index in [1.54, 1.807) is 25.1 Å². The molecule has 1 aromatic carbocycles. The van der Waals surface area contributed by atoms with Gasteiger partial charge in [-0.15, -0.1) is 0 Å². The van der Waals surface area contributed by atoms with Crippen LogP contribution in [-0.2, 0) is 0 Å². The summed E-state index contributed by atoms with van der Waals surface area (Å²) in [5, 5.41) is 0.807. The van der Waals surface area contributed by atoms with Crippen LogP contribution in [0.15, 0.2) is 71.1 Å². The lowest BCUT2D eigenvalue weighted by molar-refractivity contribution is -0.367. The van der Waals surface area contributed by atoms with Crippen LogP contribution in [0.1, 0.15) is 31.6 Å². The van der Waals surface area contributed by atoms with Crippen molar-refractivity contribution in [3.63, 3.8) is 0 Å². The Morgan fingerprint density at radius 1 is 1.31 bits per heavy atom. The Morgan fingerprint density at radius 3 is 2.94 bits per heavy atom. The van der Waals surface area contributed by atoms with E-state index in [9.17, 15) is 14.0 Å². The van der Waals surface area contributed by atoms with E-state index < -0.39 is 17.4 Å². The average molecular weight is 507 g/mol. The lowest BCUT2D eigenvalue weighted by Gasteiger charge is -2.24. The van der Waals surface area contributed by atoms with Gasteiger partial charge in [-0.2, -0.15) is 0 Å². The fraction of sp³-hybridized carbons (Fsp3) is 0.200. The van der Waals surface area contributed by atoms with E-state index in [0.29, 0.717) is 46.9 Å². The van der Waals surface area contributed by atoms with Crippen LogP contribution in [0.25, 0.3) is 27.6 Å². The average Bonchev–Trinajstić information content (AvgIpc) is 3.33. The molecule has 0 spiro atoms. The van der Waals surface area contributed by atoms with E-state index in [4.69, 9.17) is 16.6 Å². The van der Waals surface area contributed by atoms with Crippen LogP contribution in [0.4, 0.5) is 10.2 Å². The number of aromatic amines is 2. The summed E-state index contributed by atoms with van der Waals surface area (Å²) in [6, 6.07) is 4.66. The van der Waals surface area contributed by atoms with E-state index >= 15 is 0 Å². The van der Waals surface area contributed by atoms with Crippen molar-refractivity contribution in [1.82, 2.24) is 24.5 Å². The first-order chi connectivity index (χ1) is 17.4. The summed E-state index contributed by atoms with van der Waals surface area (Å²) in [7, 11) is 0. The second-order valence-corrected chi connectivity index (χ2v) is 8.76. The molecule has 0 saturated carbocycles. The minimum absolute atomic E-state index is 0.245. The first kappa shape index (κ1) is 23.6. The Bertz CT molecular complexity index is 1690. The first-order valence-electron chi connectivity index (χ1n) is 11.3. The van der Waals surface area contributed by atoms with Gasteiger partial charge in [0.25, 0.3) is 11.1 Å². The van der Waals surface area contributed by atoms with Gasteiger partial charge in [-0.25, -0.2) is 19.3 Å². The van der Waals surface area contributed by atoms with Crippen molar-refractivity contribution >= 4 is 45.1 Å². The SMILES string of the molecule is C=C/C=C(F)\C=C(/C)n1c(C2CCCN2c2[nH+]cnc3nc[nH]c(=O)c23)nc2cccc(Cl)c2c1=O. The first-order valence-corrected chi connectivity index (χ1v) is 11.7. The monoisotopic (exact) mass is 506 g/mol. The lowest BCUT2D eigenvalue weighted by Crippen LogP contribution is -2.35. The van der Waals surface area contributed by atoms with Crippen molar-refractivity contribution in [2.45, 2.75) is 25.8 Å². The predicted molar refractivity (Wildman–Crippen MR) is 136 cm³/mol. The number of nitrogens with zero attached hydrogens (tertiary/aromatic N) is 5. The Kier molecular flexibility index (Phi) is 6.19. The highest BCUT2D eigenvalue weighted by Gasteiger charge is 2.37. The molecule has 3 aromatic heterocycles. The maximum atomic E-state index is 14.4.